The number of para-hydroxylation sites is 1. The van der Waals surface area contributed by atoms with Crippen LogP contribution in [0, 0.1) is 0 Å². The van der Waals surface area contributed by atoms with Gasteiger partial charge in [0, 0.05) is 31.9 Å². The largest absolute Gasteiger partial charge is 0.457 e. The van der Waals surface area contributed by atoms with Gasteiger partial charge in [0.05, 0.1) is 0 Å². The standard InChI is InChI=1S/C15H23N3O2/c1-15(2,3)20-14(16-19)18-11-9-17(10-12-18)13-7-5-4-6-8-13/h4-8,19H,9-12H2,1-3H3. The summed E-state index contributed by atoms with van der Waals surface area (Å²) in [5, 5.41) is 12.4. The van der Waals surface area contributed by atoms with Crippen LogP contribution in [0.1, 0.15) is 20.8 Å². The predicted octanol–water partition coefficient (Wildman–Crippen LogP) is 2.37. The van der Waals surface area contributed by atoms with E-state index in [1.165, 1.54) is 5.69 Å². The summed E-state index contributed by atoms with van der Waals surface area (Å²) < 4.78 is 5.67. The van der Waals surface area contributed by atoms with Gasteiger partial charge in [-0.2, -0.15) is 0 Å². The van der Waals surface area contributed by atoms with Gasteiger partial charge in [-0.25, -0.2) is 0 Å². The molecule has 0 atom stereocenters. The molecule has 2 rings (SSSR count). The van der Waals surface area contributed by atoms with Crippen LogP contribution in [0.3, 0.4) is 0 Å². The minimum absolute atomic E-state index is 0.310. The second-order valence-corrected chi connectivity index (χ2v) is 5.91. The maximum absolute atomic E-state index is 9.13. The van der Waals surface area contributed by atoms with Gasteiger partial charge in [-0.3, -0.25) is 0 Å². The van der Waals surface area contributed by atoms with Gasteiger partial charge in [-0.05, 0) is 38.1 Å². The molecule has 0 bridgehead atoms. The van der Waals surface area contributed by atoms with Gasteiger partial charge in [0.1, 0.15) is 5.60 Å². The number of anilines is 1. The van der Waals surface area contributed by atoms with Crippen molar-refractivity contribution in [1.29, 1.82) is 0 Å². The van der Waals surface area contributed by atoms with Crippen LogP contribution in [-0.4, -0.2) is 47.9 Å². The maximum atomic E-state index is 9.13. The molecule has 1 aromatic rings. The number of hydrogen-bond acceptors (Lipinski definition) is 4. The van der Waals surface area contributed by atoms with E-state index in [-0.39, 0.29) is 5.60 Å². The third-order valence-corrected chi connectivity index (χ3v) is 3.15. The number of hydrogen-bond donors (Lipinski definition) is 1. The number of amidine groups is 1. The van der Waals surface area contributed by atoms with Crippen LogP contribution >= 0.6 is 0 Å². The molecule has 0 aromatic heterocycles. The van der Waals surface area contributed by atoms with Gasteiger partial charge in [-0.15, -0.1) is 0 Å². The molecule has 0 aliphatic carbocycles. The number of benzene rings is 1. The van der Waals surface area contributed by atoms with Gasteiger partial charge in [0.15, 0.2) is 0 Å². The lowest BCUT2D eigenvalue weighted by Crippen LogP contribution is -2.50. The molecule has 1 aliphatic rings. The summed E-state index contributed by atoms with van der Waals surface area (Å²) in [5.74, 6) is 0. The molecular weight excluding hydrogens is 254 g/mol. The molecule has 1 aromatic carbocycles. The van der Waals surface area contributed by atoms with E-state index in [9.17, 15) is 0 Å². The van der Waals surface area contributed by atoms with E-state index in [0.29, 0.717) is 6.02 Å². The molecule has 110 valence electrons. The van der Waals surface area contributed by atoms with E-state index in [2.05, 4.69) is 22.2 Å². The minimum Gasteiger partial charge on any atom is -0.457 e. The summed E-state index contributed by atoms with van der Waals surface area (Å²) in [6, 6.07) is 10.7. The molecule has 5 nitrogen and oxygen atoms in total. The Balaban J connectivity index is 1.94. The minimum atomic E-state index is -0.363. The van der Waals surface area contributed by atoms with E-state index < -0.39 is 0 Å². The van der Waals surface area contributed by atoms with Crippen molar-refractivity contribution in [3.63, 3.8) is 0 Å². The average molecular weight is 277 g/mol. The van der Waals surface area contributed by atoms with Crippen LogP contribution in [0.4, 0.5) is 5.69 Å². The Morgan fingerprint density at radius 1 is 1.10 bits per heavy atom. The van der Waals surface area contributed by atoms with Crippen LogP contribution in [0.5, 0.6) is 0 Å². The summed E-state index contributed by atoms with van der Waals surface area (Å²) in [4.78, 5) is 4.30. The topological polar surface area (TPSA) is 48.3 Å². The van der Waals surface area contributed by atoms with E-state index >= 15 is 0 Å². The lowest BCUT2D eigenvalue weighted by Gasteiger charge is -2.38. The Morgan fingerprint density at radius 3 is 2.20 bits per heavy atom. The maximum Gasteiger partial charge on any atom is 0.327 e. The Kier molecular flexibility index (Phi) is 4.37. The fraction of sp³-hybridized carbons (Fsp3) is 0.533. The predicted molar refractivity (Wildman–Crippen MR) is 80.3 cm³/mol. The Hall–Kier alpha value is -1.91. The summed E-state index contributed by atoms with van der Waals surface area (Å²) in [7, 11) is 0. The normalized spacial score (nSPS) is 17.2. The summed E-state index contributed by atoms with van der Waals surface area (Å²) in [6.45, 7) is 9.16. The summed E-state index contributed by atoms with van der Waals surface area (Å²) >= 11 is 0. The van der Waals surface area contributed by atoms with Gasteiger partial charge < -0.3 is 19.7 Å². The van der Waals surface area contributed by atoms with Crippen molar-refractivity contribution in [2.45, 2.75) is 26.4 Å². The quantitative estimate of drug-likeness (QED) is 0.370. The molecule has 0 amide bonds. The number of oxime groups is 1. The van der Waals surface area contributed by atoms with E-state index in [1.54, 1.807) is 0 Å². The van der Waals surface area contributed by atoms with Crippen LogP contribution < -0.4 is 4.90 Å². The zero-order valence-electron chi connectivity index (χ0n) is 12.4. The molecule has 0 unspecified atom stereocenters. The van der Waals surface area contributed by atoms with Crippen molar-refractivity contribution in [3.8, 4) is 0 Å². The zero-order valence-corrected chi connectivity index (χ0v) is 12.4. The molecule has 20 heavy (non-hydrogen) atoms. The Bertz CT molecular complexity index is 446. The first kappa shape index (κ1) is 14.5. The summed E-state index contributed by atoms with van der Waals surface area (Å²) in [5.41, 5.74) is 0.865. The van der Waals surface area contributed by atoms with Crippen molar-refractivity contribution in [1.82, 2.24) is 4.90 Å². The lowest BCUT2D eigenvalue weighted by molar-refractivity contribution is 0.0749. The van der Waals surface area contributed by atoms with Gasteiger partial charge in [0.25, 0.3) is 0 Å². The Morgan fingerprint density at radius 2 is 1.70 bits per heavy atom. The molecule has 1 saturated heterocycles. The molecule has 1 heterocycles. The first-order chi connectivity index (χ1) is 9.49. The second kappa shape index (κ2) is 6.03. The first-order valence-corrected chi connectivity index (χ1v) is 6.95. The van der Waals surface area contributed by atoms with Crippen molar-refractivity contribution < 1.29 is 9.94 Å². The van der Waals surface area contributed by atoms with Crippen LogP contribution in [0.15, 0.2) is 35.5 Å². The fourth-order valence-electron chi connectivity index (χ4n) is 2.22. The highest BCUT2D eigenvalue weighted by Crippen LogP contribution is 2.17. The van der Waals surface area contributed by atoms with Crippen molar-refractivity contribution >= 4 is 11.7 Å². The smallest absolute Gasteiger partial charge is 0.327 e. The van der Waals surface area contributed by atoms with E-state index in [1.807, 2.05) is 43.9 Å². The van der Waals surface area contributed by atoms with Crippen LogP contribution in [-0.2, 0) is 4.74 Å². The SMILES string of the molecule is CC(C)(C)OC(=NO)N1CCN(c2ccccc2)CC1. The highest BCUT2D eigenvalue weighted by atomic mass is 16.6. The Labute approximate surface area is 120 Å². The highest BCUT2D eigenvalue weighted by Gasteiger charge is 2.25. The molecule has 1 N–H and O–H groups in total. The van der Waals surface area contributed by atoms with Crippen molar-refractivity contribution in [2.24, 2.45) is 5.16 Å². The third-order valence-electron chi connectivity index (χ3n) is 3.15. The second-order valence-electron chi connectivity index (χ2n) is 5.91. The highest BCUT2D eigenvalue weighted by molar-refractivity contribution is 5.74. The van der Waals surface area contributed by atoms with E-state index in [0.717, 1.165) is 26.2 Å². The molecule has 1 aliphatic heterocycles. The first-order valence-electron chi connectivity index (χ1n) is 6.95. The van der Waals surface area contributed by atoms with Gasteiger partial charge in [0.2, 0.25) is 0 Å². The van der Waals surface area contributed by atoms with Crippen molar-refractivity contribution in [2.75, 3.05) is 31.1 Å². The molecule has 0 radical (unpaired) electrons. The molecular formula is C15H23N3O2. The molecule has 5 heteroatoms. The van der Waals surface area contributed by atoms with Gasteiger partial charge >= 0.3 is 6.02 Å². The zero-order chi connectivity index (χ0) is 14.6. The van der Waals surface area contributed by atoms with Gasteiger partial charge in [-0.1, -0.05) is 18.2 Å². The molecule has 1 fully saturated rings. The average Bonchev–Trinajstić information content (AvgIpc) is 2.45. The van der Waals surface area contributed by atoms with Crippen LogP contribution in [0.2, 0.25) is 0 Å². The van der Waals surface area contributed by atoms with Crippen molar-refractivity contribution in [3.05, 3.63) is 30.3 Å². The summed E-state index contributed by atoms with van der Waals surface area (Å²) in [6.07, 6.45) is 0. The lowest BCUT2D eigenvalue weighted by atomic mass is 10.2. The monoisotopic (exact) mass is 277 g/mol. The molecule has 0 spiro atoms. The number of rotatable bonds is 1. The van der Waals surface area contributed by atoms with E-state index in [4.69, 9.17) is 9.94 Å². The number of ether oxygens (including phenoxy) is 1. The number of nitrogens with zero attached hydrogens (tertiary/aromatic N) is 3. The number of piperazine rings is 1. The third kappa shape index (κ3) is 3.79. The fourth-order valence-corrected chi connectivity index (χ4v) is 2.22. The van der Waals surface area contributed by atoms with Crippen LogP contribution in [0.25, 0.3) is 0 Å². The molecule has 0 saturated carbocycles.